The minimum absolute atomic E-state index is 0.161. The number of aliphatic hydroxyl groups is 2. The quantitative estimate of drug-likeness (QED) is 0.630. The molecule has 6 heteroatoms. The Morgan fingerprint density at radius 1 is 1.40 bits per heavy atom. The lowest BCUT2D eigenvalue weighted by atomic mass is 10.1. The van der Waals surface area contributed by atoms with E-state index in [2.05, 4.69) is 10.2 Å². The lowest BCUT2D eigenvalue weighted by molar-refractivity contribution is -0.141. The van der Waals surface area contributed by atoms with E-state index < -0.39 is 24.6 Å². The van der Waals surface area contributed by atoms with Crippen LogP contribution in [0, 0.1) is 6.92 Å². The number of aliphatic carboxylic acids is 1. The number of aliphatic hydroxyl groups excluding tert-OH is 2. The van der Waals surface area contributed by atoms with E-state index in [1.165, 1.54) is 6.07 Å². The molecule has 0 radical (unpaired) electrons. The number of carboxylic acid groups (broad SMARTS) is 1. The van der Waals surface area contributed by atoms with Crippen LogP contribution in [0.25, 0.3) is 0 Å². The third kappa shape index (κ3) is 3.26. The van der Waals surface area contributed by atoms with Crippen LogP contribution in [0.1, 0.15) is 23.9 Å². The van der Waals surface area contributed by atoms with Gasteiger partial charge in [0.2, 0.25) is 0 Å². The molecule has 0 amide bonds. The molecule has 0 saturated carbocycles. The molecule has 0 spiro atoms. The maximum Gasteiger partial charge on any atom is 0.306 e. The van der Waals surface area contributed by atoms with E-state index in [0.717, 1.165) is 0 Å². The number of aromatic nitrogens is 2. The summed E-state index contributed by atoms with van der Waals surface area (Å²) in [6, 6.07) is 3.12. The van der Waals surface area contributed by atoms with Gasteiger partial charge in [0.15, 0.2) is 0 Å². The molecule has 0 bridgehead atoms. The molecule has 0 aliphatic carbocycles. The first-order chi connectivity index (χ1) is 7.00. The second-order valence-electron chi connectivity index (χ2n) is 3.21. The van der Waals surface area contributed by atoms with Crippen molar-refractivity contribution in [3.63, 3.8) is 0 Å². The van der Waals surface area contributed by atoms with Gasteiger partial charge in [0.25, 0.3) is 0 Å². The maximum absolute atomic E-state index is 10.3. The molecule has 2 atom stereocenters. The molecule has 6 nitrogen and oxygen atoms in total. The maximum atomic E-state index is 10.3. The van der Waals surface area contributed by atoms with Crippen LogP contribution >= 0.6 is 0 Å². The Labute approximate surface area is 86.2 Å². The van der Waals surface area contributed by atoms with E-state index >= 15 is 0 Å². The Morgan fingerprint density at radius 3 is 2.53 bits per heavy atom. The van der Waals surface area contributed by atoms with Gasteiger partial charge in [0.05, 0.1) is 23.9 Å². The lowest BCUT2D eigenvalue weighted by Crippen LogP contribution is -2.22. The van der Waals surface area contributed by atoms with Crippen molar-refractivity contribution in [1.29, 1.82) is 0 Å². The smallest absolute Gasteiger partial charge is 0.306 e. The molecule has 1 aromatic rings. The SMILES string of the molecule is Cc1ccc(C(O)C(O)CC(=O)O)nn1. The minimum Gasteiger partial charge on any atom is -0.481 e. The summed E-state index contributed by atoms with van der Waals surface area (Å²) in [5.74, 6) is -1.18. The van der Waals surface area contributed by atoms with Crippen molar-refractivity contribution in [3.8, 4) is 0 Å². The summed E-state index contributed by atoms with van der Waals surface area (Å²) in [6.45, 7) is 1.73. The monoisotopic (exact) mass is 212 g/mol. The first-order valence-electron chi connectivity index (χ1n) is 4.39. The summed E-state index contributed by atoms with van der Waals surface area (Å²) in [7, 11) is 0. The fourth-order valence-corrected chi connectivity index (χ4v) is 1.05. The summed E-state index contributed by atoms with van der Waals surface area (Å²) in [6.07, 6.45) is -3.23. The van der Waals surface area contributed by atoms with Crippen molar-refractivity contribution in [2.75, 3.05) is 0 Å². The minimum atomic E-state index is -1.38. The van der Waals surface area contributed by atoms with Crippen LogP contribution in [0.2, 0.25) is 0 Å². The largest absolute Gasteiger partial charge is 0.481 e. The van der Waals surface area contributed by atoms with Gasteiger partial charge >= 0.3 is 5.97 Å². The highest BCUT2D eigenvalue weighted by Crippen LogP contribution is 2.16. The molecule has 0 saturated heterocycles. The Kier molecular flexibility index (Phi) is 3.70. The van der Waals surface area contributed by atoms with Crippen molar-refractivity contribution in [2.45, 2.75) is 25.6 Å². The Morgan fingerprint density at radius 2 is 2.07 bits per heavy atom. The summed E-state index contributed by atoms with van der Waals surface area (Å²) in [4.78, 5) is 10.3. The fourth-order valence-electron chi connectivity index (χ4n) is 1.05. The Balaban J connectivity index is 2.71. The van der Waals surface area contributed by atoms with Crippen molar-refractivity contribution in [2.24, 2.45) is 0 Å². The van der Waals surface area contributed by atoms with E-state index in [0.29, 0.717) is 5.69 Å². The first kappa shape index (κ1) is 11.5. The second-order valence-corrected chi connectivity index (χ2v) is 3.21. The topological polar surface area (TPSA) is 104 Å². The molecule has 0 aliphatic heterocycles. The molecular weight excluding hydrogens is 200 g/mol. The van der Waals surface area contributed by atoms with Gasteiger partial charge in [0, 0.05) is 0 Å². The molecule has 1 aromatic heterocycles. The highest BCUT2D eigenvalue weighted by molar-refractivity contribution is 5.67. The summed E-state index contributed by atoms with van der Waals surface area (Å²) in [5.41, 5.74) is 0.841. The van der Waals surface area contributed by atoms with Gasteiger partial charge in [-0.25, -0.2) is 0 Å². The van der Waals surface area contributed by atoms with E-state index in [9.17, 15) is 15.0 Å². The third-order valence-electron chi connectivity index (χ3n) is 1.87. The normalized spacial score (nSPS) is 14.6. The summed E-state index contributed by atoms with van der Waals surface area (Å²) < 4.78 is 0. The Bertz CT molecular complexity index is 338. The third-order valence-corrected chi connectivity index (χ3v) is 1.87. The average Bonchev–Trinajstić information content (AvgIpc) is 2.17. The molecule has 1 heterocycles. The highest BCUT2D eigenvalue weighted by atomic mass is 16.4. The number of carbonyl (C=O) groups is 1. The van der Waals surface area contributed by atoms with Gasteiger partial charge in [-0.05, 0) is 19.1 Å². The molecule has 0 aliphatic rings. The van der Waals surface area contributed by atoms with Crippen LogP contribution in [-0.2, 0) is 4.79 Å². The predicted octanol–water partition coefficient (Wildman–Crippen LogP) is -0.346. The molecule has 0 aromatic carbocycles. The number of carboxylic acids is 1. The zero-order chi connectivity index (χ0) is 11.4. The zero-order valence-electron chi connectivity index (χ0n) is 8.16. The van der Waals surface area contributed by atoms with E-state index in [1.54, 1.807) is 13.0 Å². The number of rotatable bonds is 4. The Hall–Kier alpha value is -1.53. The average molecular weight is 212 g/mol. The molecule has 3 N–H and O–H groups in total. The fraction of sp³-hybridized carbons (Fsp3) is 0.444. The zero-order valence-corrected chi connectivity index (χ0v) is 8.16. The van der Waals surface area contributed by atoms with Crippen molar-refractivity contribution >= 4 is 5.97 Å². The van der Waals surface area contributed by atoms with Crippen LogP contribution in [0.3, 0.4) is 0 Å². The van der Waals surface area contributed by atoms with Crippen molar-refractivity contribution in [3.05, 3.63) is 23.5 Å². The molecule has 1 rings (SSSR count). The van der Waals surface area contributed by atoms with Gasteiger partial charge in [0.1, 0.15) is 6.10 Å². The van der Waals surface area contributed by atoms with Gasteiger partial charge in [-0.3, -0.25) is 4.79 Å². The first-order valence-corrected chi connectivity index (χ1v) is 4.39. The van der Waals surface area contributed by atoms with Crippen molar-refractivity contribution < 1.29 is 20.1 Å². The molecule has 0 fully saturated rings. The number of hydrogen-bond acceptors (Lipinski definition) is 5. The van der Waals surface area contributed by atoms with Crippen molar-refractivity contribution in [1.82, 2.24) is 10.2 Å². The summed E-state index contributed by atoms with van der Waals surface area (Å²) >= 11 is 0. The van der Waals surface area contributed by atoms with Crippen LogP contribution < -0.4 is 0 Å². The highest BCUT2D eigenvalue weighted by Gasteiger charge is 2.22. The van der Waals surface area contributed by atoms with Gasteiger partial charge < -0.3 is 15.3 Å². The molecule has 2 unspecified atom stereocenters. The lowest BCUT2D eigenvalue weighted by Gasteiger charge is -2.14. The van der Waals surface area contributed by atoms with Crippen LogP contribution in [0.4, 0.5) is 0 Å². The van der Waals surface area contributed by atoms with Crippen LogP contribution in [0.5, 0.6) is 0 Å². The standard InChI is InChI=1S/C9H12N2O4/c1-5-2-3-6(11-10-5)9(15)7(12)4-8(13)14/h2-3,7,9,12,15H,4H2,1H3,(H,13,14). The van der Waals surface area contributed by atoms with Crippen LogP contribution in [-0.4, -0.2) is 37.6 Å². The van der Waals surface area contributed by atoms with Gasteiger partial charge in [-0.15, -0.1) is 0 Å². The number of nitrogens with zero attached hydrogens (tertiary/aromatic N) is 2. The molecule has 82 valence electrons. The van der Waals surface area contributed by atoms with Crippen LogP contribution in [0.15, 0.2) is 12.1 Å². The second kappa shape index (κ2) is 4.81. The summed E-state index contributed by atoms with van der Waals surface area (Å²) in [5, 5.41) is 34.6. The van der Waals surface area contributed by atoms with Gasteiger partial charge in [-0.2, -0.15) is 10.2 Å². The molecule has 15 heavy (non-hydrogen) atoms. The predicted molar refractivity (Wildman–Crippen MR) is 50.0 cm³/mol. The number of hydrogen-bond donors (Lipinski definition) is 3. The molecular formula is C9H12N2O4. The van der Waals surface area contributed by atoms with Gasteiger partial charge in [-0.1, -0.05) is 0 Å². The number of aryl methyl sites for hydroxylation is 1. The van der Waals surface area contributed by atoms with E-state index in [1.807, 2.05) is 0 Å². The van der Waals surface area contributed by atoms with E-state index in [-0.39, 0.29) is 5.69 Å². The van der Waals surface area contributed by atoms with E-state index in [4.69, 9.17) is 5.11 Å².